The molecule has 0 saturated carbocycles. The Morgan fingerprint density at radius 2 is 0.629 bits per heavy atom. The zero-order chi connectivity index (χ0) is 49.2. The molecule has 6 rings (SSSR count). The fraction of sp³-hybridized carbons (Fsp3) is 0.407. The van der Waals surface area contributed by atoms with Gasteiger partial charge in [0.15, 0.2) is 0 Å². The van der Waals surface area contributed by atoms with Gasteiger partial charge in [-0.1, -0.05) is 56.1 Å². The molecule has 0 aromatic heterocycles. The van der Waals surface area contributed by atoms with Crippen LogP contribution in [0.25, 0.3) is 32.7 Å². The van der Waals surface area contributed by atoms with Gasteiger partial charge in [0.05, 0.1) is 79.3 Å². The van der Waals surface area contributed by atoms with E-state index in [0.717, 1.165) is 52.7 Å². The molecule has 0 bridgehead atoms. The highest BCUT2D eigenvalue weighted by molar-refractivity contribution is 9.10. The minimum atomic E-state index is 0.203. The minimum Gasteiger partial charge on any atom is -0.491 e. The third-order valence-corrected chi connectivity index (χ3v) is 11.5. The molecule has 0 aliphatic rings. The summed E-state index contributed by atoms with van der Waals surface area (Å²) >= 11 is 7.40. The summed E-state index contributed by atoms with van der Waals surface area (Å²) < 4.78 is 83.4. The van der Waals surface area contributed by atoms with Crippen LogP contribution in [0.4, 0.5) is 0 Å². The summed E-state index contributed by atoms with van der Waals surface area (Å²) in [6.45, 7) is 7.36. The lowest BCUT2D eigenvalue weighted by Gasteiger charge is -2.21. The van der Waals surface area contributed by atoms with Crippen LogP contribution in [-0.2, 0) is 51.1 Å². The van der Waals surface area contributed by atoms with Crippen LogP contribution in [0.3, 0.4) is 0 Å². The quantitative estimate of drug-likeness (QED) is 0.0350. The Bertz CT molecular complexity index is 2250. The van der Waals surface area contributed by atoms with E-state index in [0.29, 0.717) is 140 Å². The lowest BCUT2D eigenvalue weighted by molar-refractivity contribution is 0.0532. The van der Waals surface area contributed by atoms with Crippen molar-refractivity contribution in [3.8, 4) is 45.6 Å². The Morgan fingerprint density at radius 1 is 0.314 bits per heavy atom. The molecule has 6 aromatic rings. The van der Waals surface area contributed by atoms with E-state index < -0.39 is 0 Å². The molecule has 378 valence electrons. The predicted molar refractivity (Wildman–Crippen MR) is 277 cm³/mol. The first-order valence-corrected chi connectivity index (χ1v) is 24.7. The molecule has 0 atom stereocenters. The van der Waals surface area contributed by atoms with E-state index in [1.54, 1.807) is 28.4 Å². The summed E-state index contributed by atoms with van der Waals surface area (Å²) in [5.41, 5.74) is 3.44. The molecule has 0 aliphatic carbocycles. The lowest BCUT2D eigenvalue weighted by atomic mass is 9.92. The molecular formula is C54H64Br2O14. The molecular weight excluding hydrogens is 1030 g/mol. The van der Waals surface area contributed by atoms with Crippen molar-refractivity contribution in [1.82, 2.24) is 0 Å². The highest BCUT2D eigenvalue weighted by Crippen LogP contribution is 2.47. The second kappa shape index (κ2) is 30.9. The number of rotatable bonds is 35. The van der Waals surface area contributed by atoms with Crippen molar-refractivity contribution in [2.45, 2.75) is 13.2 Å². The zero-order valence-corrected chi connectivity index (χ0v) is 43.6. The van der Waals surface area contributed by atoms with E-state index in [9.17, 15) is 0 Å². The number of fused-ring (bicyclic) bond motifs is 2. The Kier molecular flexibility index (Phi) is 24.1. The fourth-order valence-corrected chi connectivity index (χ4v) is 8.01. The van der Waals surface area contributed by atoms with E-state index in [4.69, 9.17) is 66.3 Å². The van der Waals surface area contributed by atoms with Gasteiger partial charge in [0.2, 0.25) is 0 Å². The Labute approximate surface area is 427 Å². The summed E-state index contributed by atoms with van der Waals surface area (Å²) in [5, 5.41) is 4.01. The fourth-order valence-electron chi connectivity index (χ4n) is 7.25. The summed E-state index contributed by atoms with van der Waals surface area (Å²) in [7, 11) is 6.58. The van der Waals surface area contributed by atoms with Gasteiger partial charge in [-0.3, -0.25) is 0 Å². The van der Waals surface area contributed by atoms with Crippen molar-refractivity contribution in [2.75, 3.05) is 134 Å². The van der Waals surface area contributed by atoms with Crippen molar-refractivity contribution in [2.24, 2.45) is 0 Å². The van der Waals surface area contributed by atoms with Gasteiger partial charge in [-0.15, -0.1) is 0 Å². The molecule has 0 spiro atoms. The maximum atomic E-state index is 6.89. The van der Waals surface area contributed by atoms with Gasteiger partial charge in [-0.2, -0.15) is 0 Å². The van der Waals surface area contributed by atoms with Crippen molar-refractivity contribution in [1.29, 1.82) is 0 Å². The van der Waals surface area contributed by atoms with Gasteiger partial charge < -0.3 is 66.3 Å². The Balaban J connectivity index is 1.32. The van der Waals surface area contributed by atoms with Gasteiger partial charge in [0, 0.05) is 60.6 Å². The van der Waals surface area contributed by atoms with Gasteiger partial charge in [0.1, 0.15) is 74.1 Å². The monoisotopic (exact) mass is 1090 g/mol. The number of halogens is 2. The van der Waals surface area contributed by atoms with Gasteiger partial charge >= 0.3 is 0 Å². The van der Waals surface area contributed by atoms with E-state index in [1.165, 1.54) is 0 Å². The second-order valence-electron chi connectivity index (χ2n) is 15.6. The zero-order valence-electron chi connectivity index (χ0n) is 40.4. The van der Waals surface area contributed by atoms with Crippen LogP contribution in [-0.4, -0.2) is 134 Å². The molecule has 0 N–H and O–H groups in total. The SMILES string of the molecule is COCCOCCOc1cc(COc2ccc3cc(Br)ccc3c2-c2c(OCc3cc(OCCOCCOC)cc(OCCOCCOC)c3)ccc3cc(Br)ccc23)cc(OCCOCCOC)c1. The Morgan fingerprint density at radius 3 is 0.943 bits per heavy atom. The highest BCUT2D eigenvalue weighted by atomic mass is 79.9. The van der Waals surface area contributed by atoms with Crippen LogP contribution in [0.2, 0.25) is 0 Å². The van der Waals surface area contributed by atoms with Crippen molar-refractivity contribution < 1.29 is 66.3 Å². The van der Waals surface area contributed by atoms with E-state index >= 15 is 0 Å². The normalized spacial score (nSPS) is 11.3. The number of ether oxygens (including phenoxy) is 14. The molecule has 0 amide bonds. The molecule has 6 aromatic carbocycles. The van der Waals surface area contributed by atoms with Crippen LogP contribution in [0.1, 0.15) is 11.1 Å². The lowest BCUT2D eigenvalue weighted by Crippen LogP contribution is -2.11. The van der Waals surface area contributed by atoms with E-state index in [2.05, 4.69) is 68.3 Å². The maximum absolute atomic E-state index is 6.89. The molecule has 0 aliphatic heterocycles. The molecule has 0 saturated heterocycles. The van der Waals surface area contributed by atoms with Gasteiger partial charge in [-0.05, 0) is 93.3 Å². The summed E-state index contributed by atoms with van der Waals surface area (Å²) in [4.78, 5) is 0. The molecule has 0 unspecified atom stereocenters. The second-order valence-corrected chi connectivity index (χ2v) is 17.5. The van der Waals surface area contributed by atoms with E-state index in [1.807, 2.05) is 60.7 Å². The van der Waals surface area contributed by atoms with Crippen LogP contribution in [0.5, 0.6) is 34.5 Å². The van der Waals surface area contributed by atoms with Gasteiger partial charge in [0.25, 0.3) is 0 Å². The first-order valence-electron chi connectivity index (χ1n) is 23.2. The van der Waals surface area contributed by atoms with Crippen LogP contribution >= 0.6 is 31.9 Å². The Hall–Kier alpha value is -4.72. The minimum absolute atomic E-state index is 0.203. The summed E-state index contributed by atoms with van der Waals surface area (Å²) in [5.74, 6) is 3.82. The first kappa shape index (κ1) is 54.6. The molecule has 16 heteroatoms. The number of hydrogen-bond acceptors (Lipinski definition) is 14. The molecule has 0 fully saturated rings. The third kappa shape index (κ3) is 17.8. The molecule has 70 heavy (non-hydrogen) atoms. The first-order chi connectivity index (χ1) is 34.4. The van der Waals surface area contributed by atoms with Crippen LogP contribution in [0, 0.1) is 0 Å². The number of hydrogen-bond donors (Lipinski definition) is 0. The predicted octanol–water partition coefficient (Wildman–Crippen LogP) is 10.5. The summed E-state index contributed by atoms with van der Waals surface area (Å²) in [6, 6.07) is 32.2. The largest absolute Gasteiger partial charge is 0.491 e. The molecule has 14 nitrogen and oxygen atoms in total. The van der Waals surface area contributed by atoms with Gasteiger partial charge in [-0.25, -0.2) is 0 Å². The van der Waals surface area contributed by atoms with Crippen molar-refractivity contribution in [3.05, 3.63) is 117 Å². The van der Waals surface area contributed by atoms with E-state index in [-0.39, 0.29) is 13.2 Å². The number of benzene rings is 6. The standard InChI is InChI=1S/C54H64Br2O14/c1-57-13-17-61-21-25-65-45-29-39(30-46(35-45)66-26-22-62-18-14-58-2)37-69-51-11-5-41-33-43(55)7-9-49(41)53(51)54-50-10-8-44(56)34-42(50)6-12-52(54)70-38-40-31-47(67-27-23-63-19-15-59-3)36-48(32-40)68-28-24-64-20-16-60-4/h5-12,29-36H,13-28,37-38H2,1-4H3. The molecule has 0 heterocycles. The van der Waals surface area contributed by atoms with Crippen LogP contribution in [0.15, 0.2) is 106 Å². The number of methoxy groups -OCH3 is 4. The smallest absolute Gasteiger partial charge is 0.128 e. The average molecular weight is 1100 g/mol. The van der Waals surface area contributed by atoms with Crippen molar-refractivity contribution >= 4 is 53.4 Å². The summed E-state index contributed by atoms with van der Waals surface area (Å²) in [6.07, 6.45) is 0. The van der Waals surface area contributed by atoms with Crippen LogP contribution < -0.4 is 28.4 Å². The van der Waals surface area contributed by atoms with Crippen molar-refractivity contribution in [3.63, 3.8) is 0 Å². The molecule has 0 radical (unpaired) electrons. The average Bonchev–Trinajstić information content (AvgIpc) is 3.36. The topological polar surface area (TPSA) is 129 Å². The highest BCUT2D eigenvalue weighted by Gasteiger charge is 2.21. The third-order valence-electron chi connectivity index (χ3n) is 10.5. The maximum Gasteiger partial charge on any atom is 0.128 e.